The number of hydrogen-bond acceptors (Lipinski definition) is 3. The average Bonchev–Trinajstić information content (AvgIpc) is 2.96. The van der Waals surface area contributed by atoms with Crippen LogP contribution in [0.5, 0.6) is 0 Å². The maximum atomic E-state index is 13.0. The summed E-state index contributed by atoms with van der Waals surface area (Å²) < 4.78 is 5.27. The second-order valence-electron chi connectivity index (χ2n) is 5.73. The Morgan fingerprint density at radius 2 is 1.92 bits per heavy atom. The maximum absolute atomic E-state index is 13.0. The summed E-state index contributed by atoms with van der Waals surface area (Å²) in [6.45, 7) is 2.14. The van der Waals surface area contributed by atoms with Gasteiger partial charge in [-0.3, -0.25) is 4.79 Å². The lowest BCUT2D eigenvalue weighted by Gasteiger charge is -2.17. The molecule has 0 spiro atoms. The Balaban J connectivity index is 1.92. The van der Waals surface area contributed by atoms with Gasteiger partial charge in [0.15, 0.2) is 0 Å². The number of halogens is 2. The summed E-state index contributed by atoms with van der Waals surface area (Å²) in [7, 11) is 1.73. The van der Waals surface area contributed by atoms with Crippen LogP contribution in [0.3, 0.4) is 0 Å². The van der Waals surface area contributed by atoms with E-state index in [9.17, 15) is 4.79 Å². The molecule has 0 fully saturated rings. The van der Waals surface area contributed by atoms with Crippen LogP contribution < -0.4 is 0 Å². The summed E-state index contributed by atoms with van der Waals surface area (Å²) >= 11 is 12.3. The third-order valence-electron chi connectivity index (χ3n) is 3.86. The molecule has 0 unspecified atom stereocenters. The van der Waals surface area contributed by atoms with Crippen molar-refractivity contribution in [2.75, 3.05) is 7.05 Å². The quantitative estimate of drug-likeness (QED) is 0.627. The topological polar surface area (TPSA) is 46.3 Å². The van der Waals surface area contributed by atoms with Crippen LogP contribution in [-0.4, -0.2) is 23.0 Å². The largest absolute Gasteiger partial charge is 0.360 e. The molecule has 0 aliphatic rings. The summed E-state index contributed by atoms with van der Waals surface area (Å²) in [5, 5.41) is 5.19. The number of benzene rings is 2. The highest BCUT2D eigenvalue weighted by Gasteiger charge is 2.25. The van der Waals surface area contributed by atoms with Gasteiger partial charge in [-0.2, -0.15) is 0 Å². The van der Waals surface area contributed by atoms with Crippen LogP contribution in [0.2, 0.25) is 10.0 Å². The van der Waals surface area contributed by atoms with Crippen LogP contribution in [0.4, 0.5) is 0 Å². The highest BCUT2D eigenvalue weighted by molar-refractivity contribution is 6.33. The first-order valence-corrected chi connectivity index (χ1v) is 8.44. The van der Waals surface area contributed by atoms with Gasteiger partial charge in [-0.05, 0) is 30.7 Å². The van der Waals surface area contributed by atoms with Crippen LogP contribution in [0.25, 0.3) is 11.3 Å². The highest BCUT2D eigenvalue weighted by atomic mass is 35.5. The van der Waals surface area contributed by atoms with Crippen LogP contribution in [0.15, 0.2) is 53.1 Å². The zero-order valence-corrected chi connectivity index (χ0v) is 15.3. The Bertz CT molecular complexity index is 921. The molecule has 25 heavy (non-hydrogen) atoms. The summed E-state index contributed by atoms with van der Waals surface area (Å²) in [4.78, 5) is 14.6. The maximum Gasteiger partial charge on any atom is 0.259 e. The second kappa shape index (κ2) is 7.30. The van der Waals surface area contributed by atoms with E-state index < -0.39 is 0 Å². The van der Waals surface area contributed by atoms with E-state index in [1.807, 2.05) is 36.4 Å². The Hall–Kier alpha value is -2.30. The van der Waals surface area contributed by atoms with E-state index >= 15 is 0 Å². The fourth-order valence-electron chi connectivity index (χ4n) is 2.63. The SMILES string of the molecule is Cc1onc(-c2ccccc2Cl)c1C(=O)N(C)Cc1cccc(Cl)c1. The van der Waals surface area contributed by atoms with Crippen molar-refractivity contribution in [2.45, 2.75) is 13.5 Å². The zero-order chi connectivity index (χ0) is 18.0. The minimum Gasteiger partial charge on any atom is -0.360 e. The zero-order valence-electron chi connectivity index (χ0n) is 13.8. The van der Waals surface area contributed by atoms with Gasteiger partial charge < -0.3 is 9.42 Å². The van der Waals surface area contributed by atoms with Crippen molar-refractivity contribution in [1.29, 1.82) is 0 Å². The van der Waals surface area contributed by atoms with E-state index in [0.29, 0.717) is 39.2 Å². The van der Waals surface area contributed by atoms with Crippen molar-refractivity contribution in [3.05, 3.63) is 75.5 Å². The lowest BCUT2D eigenvalue weighted by atomic mass is 10.0. The van der Waals surface area contributed by atoms with E-state index in [-0.39, 0.29) is 5.91 Å². The molecule has 0 bridgehead atoms. The van der Waals surface area contributed by atoms with Gasteiger partial charge in [0.1, 0.15) is 17.0 Å². The molecule has 0 aliphatic heterocycles. The molecular weight excluding hydrogens is 359 g/mol. The van der Waals surface area contributed by atoms with Crippen LogP contribution in [-0.2, 0) is 6.54 Å². The minimum atomic E-state index is -0.186. The number of rotatable bonds is 4. The van der Waals surface area contributed by atoms with Gasteiger partial charge in [0.2, 0.25) is 0 Å². The van der Waals surface area contributed by atoms with E-state index in [1.165, 1.54) is 0 Å². The van der Waals surface area contributed by atoms with Gasteiger partial charge in [-0.25, -0.2) is 0 Å². The van der Waals surface area contributed by atoms with Crippen molar-refractivity contribution in [1.82, 2.24) is 10.1 Å². The second-order valence-corrected chi connectivity index (χ2v) is 6.58. The fraction of sp³-hybridized carbons (Fsp3) is 0.158. The first-order chi connectivity index (χ1) is 12.0. The van der Waals surface area contributed by atoms with E-state index in [1.54, 1.807) is 31.0 Å². The molecule has 3 rings (SSSR count). The first-order valence-electron chi connectivity index (χ1n) is 7.68. The Labute approximate surface area is 155 Å². The lowest BCUT2D eigenvalue weighted by Crippen LogP contribution is -2.27. The summed E-state index contributed by atoms with van der Waals surface area (Å²) in [5.41, 5.74) is 2.47. The van der Waals surface area contributed by atoms with Crippen molar-refractivity contribution in [3.63, 3.8) is 0 Å². The number of aryl methyl sites for hydroxylation is 1. The molecule has 0 aliphatic carbocycles. The molecule has 0 radical (unpaired) electrons. The Kier molecular flexibility index (Phi) is 5.11. The number of hydrogen-bond donors (Lipinski definition) is 0. The normalized spacial score (nSPS) is 10.7. The molecule has 0 atom stereocenters. The molecule has 2 aromatic carbocycles. The van der Waals surface area contributed by atoms with E-state index in [2.05, 4.69) is 5.16 Å². The van der Waals surface area contributed by atoms with E-state index in [0.717, 1.165) is 5.56 Å². The Morgan fingerprint density at radius 1 is 1.16 bits per heavy atom. The summed E-state index contributed by atoms with van der Waals surface area (Å²) in [6, 6.07) is 14.6. The van der Waals surface area contributed by atoms with Crippen LogP contribution in [0.1, 0.15) is 21.7 Å². The van der Waals surface area contributed by atoms with Gasteiger partial charge in [0.25, 0.3) is 5.91 Å². The van der Waals surface area contributed by atoms with Gasteiger partial charge in [0, 0.05) is 24.2 Å². The number of carbonyl (C=O) groups excluding carboxylic acids is 1. The van der Waals surface area contributed by atoms with Gasteiger partial charge in [0.05, 0.1) is 5.02 Å². The third-order valence-corrected chi connectivity index (χ3v) is 4.43. The Morgan fingerprint density at radius 3 is 2.64 bits per heavy atom. The predicted molar refractivity (Wildman–Crippen MR) is 98.9 cm³/mol. The van der Waals surface area contributed by atoms with Gasteiger partial charge in [-0.15, -0.1) is 0 Å². The van der Waals surface area contributed by atoms with Gasteiger partial charge >= 0.3 is 0 Å². The average molecular weight is 375 g/mol. The lowest BCUT2D eigenvalue weighted by molar-refractivity contribution is 0.0784. The summed E-state index contributed by atoms with van der Waals surface area (Å²) in [5.74, 6) is 0.270. The van der Waals surface area contributed by atoms with Gasteiger partial charge in [-0.1, -0.05) is 58.7 Å². The molecule has 0 saturated carbocycles. The standard InChI is InChI=1S/C19H16Cl2N2O2/c1-12-17(18(22-25-12)15-8-3-4-9-16(15)21)19(24)23(2)11-13-6-5-7-14(20)10-13/h3-10H,11H2,1-2H3. The molecule has 3 aromatic rings. The highest BCUT2D eigenvalue weighted by Crippen LogP contribution is 2.31. The molecule has 4 nitrogen and oxygen atoms in total. The molecule has 1 heterocycles. The molecule has 0 N–H and O–H groups in total. The molecule has 1 aromatic heterocycles. The van der Waals surface area contributed by atoms with Crippen molar-refractivity contribution in [3.8, 4) is 11.3 Å². The summed E-state index contributed by atoms with van der Waals surface area (Å²) in [6.07, 6.45) is 0. The number of amides is 1. The molecule has 6 heteroatoms. The fourth-order valence-corrected chi connectivity index (χ4v) is 3.07. The smallest absolute Gasteiger partial charge is 0.259 e. The minimum absolute atomic E-state index is 0.186. The van der Waals surface area contributed by atoms with E-state index in [4.69, 9.17) is 27.7 Å². The molecule has 0 saturated heterocycles. The number of nitrogens with zero attached hydrogens (tertiary/aromatic N) is 2. The van der Waals surface area contributed by atoms with Crippen LogP contribution >= 0.6 is 23.2 Å². The predicted octanol–water partition coefficient (Wildman–Crippen LogP) is 5.23. The molecule has 1 amide bonds. The third kappa shape index (κ3) is 3.70. The molecular formula is C19H16Cl2N2O2. The van der Waals surface area contributed by atoms with Crippen molar-refractivity contribution >= 4 is 29.1 Å². The van der Waals surface area contributed by atoms with Crippen molar-refractivity contribution in [2.24, 2.45) is 0 Å². The number of carbonyl (C=O) groups is 1. The van der Waals surface area contributed by atoms with Crippen LogP contribution in [0, 0.1) is 6.92 Å². The molecule has 128 valence electrons. The monoisotopic (exact) mass is 374 g/mol. The first kappa shape index (κ1) is 17.5. The van der Waals surface area contributed by atoms with Crippen molar-refractivity contribution < 1.29 is 9.32 Å². The number of aromatic nitrogens is 1.